The number of H-pyrrole nitrogens is 1. The van der Waals surface area contributed by atoms with E-state index in [-0.39, 0.29) is 30.8 Å². The smallest absolute Gasteiger partial charge is 0.335 e. The molecule has 5 unspecified atom stereocenters. The highest BCUT2D eigenvalue weighted by Crippen LogP contribution is 2.38. The molecule has 11 nitrogen and oxygen atoms in total. The molecular formula is C25H34F2N4O7. The maximum Gasteiger partial charge on any atom is 0.335 e. The highest BCUT2D eigenvalue weighted by molar-refractivity contribution is 5.78. The Bertz CT molecular complexity index is 1120. The van der Waals surface area contributed by atoms with Gasteiger partial charge in [-0.2, -0.15) is 0 Å². The van der Waals surface area contributed by atoms with Crippen LogP contribution in [0.3, 0.4) is 0 Å². The number of nitrogens with zero attached hydrogens (tertiary/aromatic N) is 2. The van der Waals surface area contributed by atoms with Crippen LogP contribution in [0.15, 0.2) is 24.4 Å². The largest absolute Gasteiger partial charge is 0.479 e. The number of carbonyl (C=O) groups excluding carboxylic acids is 1. The predicted molar refractivity (Wildman–Crippen MR) is 130 cm³/mol. The maximum absolute atomic E-state index is 14.4. The molecule has 1 aliphatic heterocycles. The van der Waals surface area contributed by atoms with Gasteiger partial charge in [-0.05, 0) is 36.6 Å². The summed E-state index contributed by atoms with van der Waals surface area (Å²) in [5, 5.41) is 29.2. The third-order valence-electron chi connectivity index (χ3n) is 6.17. The number of carbonyl (C=O) groups is 2. The van der Waals surface area contributed by atoms with Crippen molar-refractivity contribution in [1.82, 2.24) is 14.9 Å². The third-order valence-corrected chi connectivity index (χ3v) is 6.17. The summed E-state index contributed by atoms with van der Waals surface area (Å²) in [6, 6.07) is 2.38. The van der Waals surface area contributed by atoms with Gasteiger partial charge >= 0.3 is 5.97 Å². The van der Waals surface area contributed by atoms with E-state index in [9.17, 15) is 33.7 Å². The fraction of sp³-hybridized carbons (Fsp3) is 0.560. The van der Waals surface area contributed by atoms with Crippen LogP contribution in [-0.2, 0) is 19.1 Å². The lowest BCUT2D eigenvalue weighted by Gasteiger charge is -2.40. The van der Waals surface area contributed by atoms with Crippen molar-refractivity contribution < 1.29 is 43.2 Å². The zero-order valence-corrected chi connectivity index (χ0v) is 21.4. The molecule has 0 saturated carbocycles. The van der Waals surface area contributed by atoms with Gasteiger partial charge in [0, 0.05) is 18.5 Å². The number of halogens is 2. The van der Waals surface area contributed by atoms with Crippen LogP contribution in [0, 0.1) is 17.0 Å². The van der Waals surface area contributed by atoms with E-state index in [1.54, 1.807) is 0 Å². The Morgan fingerprint density at radius 3 is 2.63 bits per heavy atom. The van der Waals surface area contributed by atoms with Gasteiger partial charge < -0.3 is 40.4 Å². The van der Waals surface area contributed by atoms with Crippen LogP contribution in [0.25, 0.3) is 11.3 Å². The van der Waals surface area contributed by atoms with Gasteiger partial charge in [-0.3, -0.25) is 4.79 Å². The molecule has 1 aromatic heterocycles. The standard InChI is InChI=1S/C25H34F2N4O7/c1-25(2,3)21(22-29-11-16(30-22)14-9-13(26)5-6-15(14)27)31(8-4-7-28)19(34)12-37-24-18(33)10-17(32)20(38-24)23(35)36/h5-6,9,11,17-18,20-21,24,32-33H,4,7-8,10,12,28H2,1-3H3,(H,29,30)(H,35,36). The van der Waals surface area contributed by atoms with Gasteiger partial charge in [-0.15, -0.1) is 0 Å². The van der Waals surface area contributed by atoms with Crippen molar-refractivity contribution >= 4 is 11.9 Å². The number of imidazole rings is 1. The van der Waals surface area contributed by atoms with Crippen LogP contribution in [0.2, 0.25) is 0 Å². The third kappa shape index (κ3) is 6.91. The average Bonchev–Trinajstić information content (AvgIpc) is 3.30. The molecule has 1 saturated heterocycles. The number of aliphatic carboxylic acids is 1. The number of carboxylic acids is 1. The molecule has 13 heteroatoms. The van der Waals surface area contributed by atoms with E-state index in [4.69, 9.17) is 15.2 Å². The first kappa shape index (κ1) is 29.6. The minimum Gasteiger partial charge on any atom is -0.479 e. The predicted octanol–water partition coefficient (Wildman–Crippen LogP) is 1.56. The Balaban J connectivity index is 1.85. The molecule has 0 bridgehead atoms. The summed E-state index contributed by atoms with van der Waals surface area (Å²) in [6.07, 6.45) is -4.35. The second-order valence-electron chi connectivity index (χ2n) is 10.2. The van der Waals surface area contributed by atoms with Crippen molar-refractivity contribution in [1.29, 1.82) is 0 Å². The molecule has 38 heavy (non-hydrogen) atoms. The van der Waals surface area contributed by atoms with Gasteiger partial charge in [-0.1, -0.05) is 20.8 Å². The normalized spacial score (nSPS) is 22.7. The highest BCUT2D eigenvalue weighted by Gasteiger charge is 2.42. The molecule has 210 valence electrons. The molecule has 1 amide bonds. The first-order valence-electron chi connectivity index (χ1n) is 12.2. The first-order valence-corrected chi connectivity index (χ1v) is 12.2. The number of hydrogen-bond donors (Lipinski definition) is 5. The van der Waals surface area contributed by atoms with Crippen molar-refractivity contribution in [2.45, 2.75) is 64.3 Å². The minimum atomic E-state index is -1.61. The number of nitrogens with two attached hydrogens (primary N) is 1. The van der Waals surface area contributed by atoms with Gasteiger partial charge in [-0.25, -0.2) is 18.6 Å². The minimum absolute atomic E-state index is 0.0156. The zero-order valence-electron chi connectivity index (χ0n) is 21.4. The van der Waals surface area contributed by atoms with Crippen LogP contribution in [0.5, 0.6) is 0 Å². The molecule has 3 rings (SSSR count). The second kappa shape index (κ2) is 12.3. The SMILES string of the molecule is CC(C)(C)C(c1ncc(-c2cc(F)ccc2F)[nH]1)N(CCCN)C(=O)COC1OC(C(=O)O)C(O)CC1O. The number of benzene rings is 1. The second-order valence-corrected chi connectivity index (χ2v) is 10.2. The van der Waals surface area contributed by atoms with Gasteiger partial charge in [0.1, 0.15) is 30.2 Å². The monoisotopic (exact) mass is 540 g/mol. The van der Waals surface area contributed by atoms with E-state index in [1.807, 2.05) is 20.8 Å². The van der Waals surface area contributed by atoms with Crippen LogP contribution < -0.4 is 5.73 Å². The number of aliphatic hydroxyl groups excluding tert-OH is 2. The van der Waals surface area contributed by atoms with Crippen LogP contribution in [0.1, 0.15) is 45.5 Å². The van der Waals surface area contributed by atoms with E-state index >= 15 is 0 Å². The van der Waals surface area contributed by atoms with Gasteiger partial charge in [0.05, 0.1) is 24.0 Å². The summed E-state index contributed by atoms with van der Waals surface area (Å²) >= 11 is 0. The van der Waals surface area contributed by atoms with Crippen molar-refractivity contribution in [3.63, 3.8) is 0 Å². The zero-order chi connectivity index (χ0) is 28.2. The lowest BCUT2D eigenvalue weighted by atomic mass is 9.84. The molecule has 0 radical (unpaired) electrons. The lowest BCUT2D eigenvalue weighted by molar-refractivity contribution is -0.263. The lowest BCUT2D eigenvalue weighted by Crippen LogP contribution is -2.52. The van der Waals surface area contributed by atoms with Crippen molar-refractivity contribution in [3.05, 3.63) is 41.9 Å². The Kier molecular flexibility index (Phi) is 9.54. The topological polar surface area (TPSA) is 171 Å². The number of nitrogens with one attached hydrogen (secondary N) is 1. The molecule has 1 aliphatic rings. The number of hydrogen-bond acceptors (Lipinski definition) is 8. The summed E-state index contributed by atoms with van der Waals surface area (Å²) in [6.45, 7) is 5.53. The number of ether oxygens (including phenoxy) is 2. The molecule has 5 atom stereocenters. The van der Waals surface area contributed by atoms with E-state index < -0.39 is 66.2 Å². The van der Waals surface area contributed by atoms with E-state index in [2.05, 4.69) is 9.97 Å². The summed E-state index contributed by atoms with van der Waals surface area (Å²) in [5.74, 6) is -2.89. The number of carboxylic acid groups (broad SMARTS) is 1. The molecule has 0 spiro atoms. The summed E-state index contributed by atoms with van der Waals surface area (Å²) < 4.78 is 38.8. The Labute approximate surface area is 218 Å². The fourth-order valence-corrected chi connectivity index (χ4v) is 4.42. The molecule has 6 N–H and O–H groups in total. The quantitative estimate of drug-likeness (QED) is 0.300. The molecule has 2 aromatic rings. The van der Waals surface area contributed by atoms with Gasteiger partial charge in [0.2, 0.25) is 5.91 Å². The van der Waals surface area contributed by atoms with Crippen LogP contribution in [0.4, 0.5) is 8.78 Å². The first-order chi connectivity index (χ1) is 17.8. The fourth-order valence-electron chi connectivity index (χ4n) is 4.42. The Hall–Kier alpha value is -2.97. The van der Waals surface area contributed by atoms with Crippen molar-refractivity contribution in [2.75, 3.05) is 19.7 Å². The van der Waals surface area contributed by atoms with Crippen LogP contribution >= 0.6 is 0 Å². The number of aromatic amines is 1. The molecule has 1 fully saturated rings. The van der Waals surface area contributed by atoms with Gasteiger partial charge in [0.25, 0.3) is 0 Å². The Morgan fingerprint density at radius 2 is 2.00 bits per heavy atom. The maximum atomic E-state index is 14.4. The van der Waals surface area contributed by atoms with E-state index in [1.165, 1.54) is 11.1 Å². The van der Waals surface area contributed by atoms with Crippen molar-refractivity contribution in [2.24, 2.45) is 11.1 Å². The molecule has 1 aromatic carbocycles. The van der Waals surface area contributed by atoms with E-state index in [0.717, 1.165) is 18.2 Å². The highest BCUT2D eigenvalue weighted by atomic mass is 19.1. The number of rotatable bonds is 10. The summed E-state index contributed by atoms with van der Waals surface area (Å²) in [7, 11) is 0. The average molecular weight is 541 g/mol. The van der Waals surface area contributed by atoms with E-state index in [0.29, 0.717) is 12.2 Å². The van der Waals surface area contributed by atoms with Gasteiger partial charge in [0.15, 0.2) is 12.4 Å². The summed E-state index contributed by atoms with van der Waals surface area (Å²) in [5.41, 5.74) is 5.31. The Morgan fingerprint density at radius 1 is 1.29 bits per heavy atom. The molecule has 2 heterocycles. The number of amides is 1. The number of aliphatic hydroxyl groups is 2. The number of aromatic nitrogens is 2. The van der Waals surface area contributed by atoms with Crippen molar-refractivity contribution in [3.8, 4) is 11.3 Å². The molecular weight excluding hydrogens is 506 g/mol. The molecule has 0 aliphatic carbocycles. The summed E-state index contributed by atoms with van der Waals surface area (Å²) in [4.78, 5) is 33.6. The van der Waals surface area contributed by atoms with Crippen LogP contribution in [-0.4, -0.2) is 86.4 Å².